The Labute approximate surface area is 145 Å². The van der Waals surface area contributed by atoms with Gasteiger partial charge in [-0.1, -0.05) is 0 Å². The third-order valence-corrected chi connectivity index (χ3v) is 3.59. The van der Waals surface area contributed by atoms with Crippen LogP contribution in [0.3, 0.4) is 0 Å². The molecule has 134 valence electrons. The molecule has 0 fully saturated rings. The van der Waals surface area contributed by atoms with Gasteiger partial charge in [0, 0.05) is 11.9 Å². The summed E-state index contributed by atoms with van der Waals surface area (Å²) in [5.41, 5.74) is -3.33. The molecule has 0 atom stereocenters. The van der Waals surface area contributed by atoms with E-state index in [1.54, 1.807) is 25.3 Å². The van der Waals surface area contributed by atoms with Gasteiger partial charge in [-0.3, -0.25) is 4.79 Å². The molecule has 0 radical (unpaired) electrons. The van der Waals surface area contributed by atoms with Crippen LogP contribution in [0.15, 0.2) is 36.5 Å². The highest BCUT2D eigenvalue weighted by Crippen LogP contribution is 2.29. The van der Waals surface area contributed by atoms with Gasteiger partial charge >= 0.3 is 11.5 Å². The fraction of sp³-hybridized carbons (Fsp3) is 0.267. The van der Waals surface area contributed by atoms with Crippen LogP contribution in [0.5, 0.6) is 0 Å². The second-order valence-corrected chi connectivity index (χ2v) is 5.74. The molecule has 1 heterocycles. The number of esters is 1. The van der Waals surface area contributed by atoms with Gasteiger partial charge in [0.15, 0.2) is 5.69 Å². The van der Waals surface area contributed by atoms with Crippen LogP contribution in [0.25, 0.3) is 5.69 Å². The average molecular weight is 373 g/mol. The lowest BCUT2D eigenvalue weighted by atomic mass is 10.3. The van der Waals surface area contributed by atoms with Crippen molar-refractivity contribution in [3.8, 4) is 5.69 Å². The largest absolute Gasteiger partial charge is 0.461 e. The third kappa shape index (κ3) is 5.82. The molecule has 0 aliphatic heterocycles. The first-order valence-electron chi connectivity index (χ1n) is 7.12. The number of nitrogens with one attached hydrogen (secondary N) is 1. The molecule has 1 amide bonds. The molecular weight excluding hydrogens is 359 g/mol. The van der Waals surface area contributed by atoms with E-state index in [-0.39, 0.29) is 12.3 Å². The van der Waals surface area contributed by atoms with Crippen molar-refractivity contribution in [2.24, 2.45) is 0 Å². The molecule has 2 aromatic rings. The number of carbonyl (C=O) groups excluding carboxylic acids is 2. The van der Waals surface area contributed by atoms with Crippen LogP contribution in [0.1, 0.15) is 17.4 Å². The van der Waals surface area contributed by atoms with E-state index in [0.29, 0.717) is 11.4 Å². The number of hydrogen-bond donors (Lipinski definition) is 1. The molecule has 0 unspecified atom stereocenters. The topological polar surface area (TPSA) is 73.2 Å². The number of benzene rings is 1. The molecule has 6 nitrogen and oxygen atoms in total. The molecule has 0 aliphatic rings. The lowest BCUT2D eigenvalue weighted by Gasteiger charge is -2.08. The summed E-state index contributed by atoms with van der Waals surface area (Å²) in [6.45, 7) is 1.93. The summed E-state index contributed by atoms with van der Waals surface area (Å²) in [6.07, 6.45) is 1.57. The minimum Gasteiger partial charge on any atom is -0.461 e. The van der Waals surface area contributed by atoms with Crippen molar-refractivity contribution in [2.75, 3.05) is 17.7 Å². The maximum atomic E-state index is 12.0. The summed E-state index contributed by atoms with van der Waals surface area (Å²) in [5.74, 6) is -2.00. The van der Waals surface area contributed by atoms with Crippen LogP contribution in [0.4, 0.5) is 18.9 Å². The average Bonchev–Trinajstić information content (AvgIpc) is 3.03. The Kier molecular flexibility index (Phi) is 6.07. The molecular formula is C15H14F3N3O3S. The van der Waals surface area contributed by atoms with Crippen molar-refractivity contribution in [2.45, 2.75) is 12.4 Å². The number of aromatic nitrogens is 2. The first kappa shape index (κ1) is 18.8. The highest BCUT2D eigenvalue weighted by Gasteiger charge is 2.29. The van der Waals surface area contributed by atoms with Crippen LogP contribution in [-0.4, -0.2) is 39.5 Å². The highest BCUT2D eigenvalue weighted by atomic mass is 32.2. The van der Waals surface area contributed by atoms with E-state index in [1.165, 1.54) is 22.9 Å². The maximum absolute atomic E-state index is 12.0. The number of ether oxygens (including phenoxy) is 1. The van der Waals surface area contributed by atoms with Gasteiger partial charge < -0.3 is 10.1 Å². The Morgan fingerprint density at radius 3 is 2.52 bits per heavy atom. The van der Waals surface area contributed by atoms with E-state index in [4.69, 9.17) is 4.74 Å². The quantitative estimate of drug-likeness (QED) is 0.787. The second-order valence-electron chi connectivity index (χ2n) is 4.70. The number of rotatable bonds is 6. The predicted octanol–water partition coefficient (Wildman–Crippen LogP) is 3.24. The molecule has 0 spiro atoms. The van der Waals surface area contributed by atoms with Crippen LogP contribution < -0.4 is 5.32 Å². The van der Waals surface area contributed by atoms with Gasteiger partial charge in [0.1, 0.15) is 0 Å². The molecule has 1 N–H and O–H groups in total. The summed E-state index contributed by atoms with van der Waals surface area (Å²) in [6, 6.07) is 7.76. The number of halogens is 3. The lowest BCUT2D eigenvalue weighted by Crippen LogP contribution is -2.17. The normalized spacial score (nSPS) is 11.2. The molecule has 25 heavy (non-hydrogen) atoms. The minimum atomic E-state index is -4.45. The van der Waals surface area contributed by atoms with E-state index in [2.05, 4.69) is 10.4 Å². The van der Waals surface area contributed by atoms with E-state index < -0.39 is 34.9 Å². The van der Waals surface area contributed by atoms with Gasteiger partial charge in [-0.25, -0.2) is 9.48 Å². The van der Waals surface area contributed by atoms with Crippen LogP contribution in [0.2, 0.25) is 0 Å². The maximum Gasteiger partial charge on any atom is 0.442 e. The molecule has 1 aromatic heterocycles. The molecule has 10 heteroatoms. The standard InChI is InChI=1S/C15H14F3N3O3S/c1-2-24-14(23)12-7-8-21(20-12)11-5-3-10(4-6-11)19-13(22)9-25-15(16,17)18/h3-8H,2,9H2,1H3,(H,19,22). The summed E-state index contributed by atoms with van der Waals surface area (Å²) in [5, 5.41) is 6.44. The van der Waals surface area contributed by atoms with Crippen molar-refractivity contribution < 1.29 is 27.5 Å². The van der Waals surface area contributed by atoms with Gasteiger partial charge in [-0.2, -0.15) is 18.3 Å². The monoisotopic (exact) mass is 373 g/mol. The highest BCUT2D eigenvalue weighted by molar-refractivity contribution is 8.00. The van der Waals surface area contributed by atoms with Crippen molar-refractivity contribution >= 4 is 29.3 Å². The van der Waals surface area contributed by atoms with E-state index in [0.717, 1.165) is 0 Å². The summed E-state index contributed by atoms with van der Waals surface area (Å²) in [4.78, 5) is 23.0. The van der Waals surface area contributed by atoms with Gasteiger partial charge in [-0.15, -0.1) is 0 Å². The first-order chi connectivity index (χ1) is 11.8. The second kappa shape index (κ2) is 8.06. The SMILES string of the molecule is CCOC(=O)c1ccn(-c2ccc(NC(=O)CSC(F)(F)F)cc2)n1. The number of hydrogen-bond acceptors (Lipinski definition) is 5. The minimum absolute atomic E-state index is 0.156. The molecule has 0 saturated heterocycles. The van der Waals surface area contributed by atoms with E-state index in [9.17, 15) is 22.8 Å². The van der Waals surface area contributed by atoms with Gasteiger partial charge in [0.2, 0.25) is 5.91 Å². The summed E-state index contributed by atoms with van der Waals surface area (Å²) >= 11 is -0.400. The molecule has 0 aliphatic carbocycles. The molecule has 1 aromatic carbocycles. The van der Waals surface area contributed by atoms with Crippen molar-refractivity contribution in [1.29, 1.82) is 0 Å². The fourth-order valence-electron chi connectivity index (χ4n) is 1.82. The Hall–Kier alpha value is -2.49. The number of anilines is 1. The van der Waals surface area contributed by atoms with Crippen LogP contribution >= 0.6 is 11.8 Å². The van der Waals surface area contributed by atoms with E-state index in [1.807, 2.05) is 0 Å². The Balaban J connectivity index is 1.98. The van der Waals surface area contributed by atoms with Crippen molar-refractivity contribution in [1.82, 2.24) is 9.78 Å². The van der Waals surface area contributed by atoms with Crippen LogP contribution in [0, 0.1) is 0 Å². The summed E-state index contributed by atoms with van der Waals surface area (Å²) < 4.78 is 42.4. The first-order valence-corrected chi connectivity index (χ1v) is 8.11. The number of carbonyl (C=O) groups is 2. The third-order valence-electron chi connectivity index (χ3n) is 2.86. The number of alkyl halides is 3. The Bertz CT molecular complexity index is 744. The van der Waals surface area contributed by atoms with E-state index >= 15 is 0 Å². The zero-order valence-corrected chi connectivity index (χ0v) is 13.9. The summed E-state index contributed by atoms with van der Waals surface area (Å²) in [7, 11) is 0. The van der Waals surface area contributed by atoms with Gasteiger partial charge in [0.25, 0.3) is 0 Å². The molecule has 0 bridgehead atoms. The smallest absolute Gasteiger partial charge is 0.442 e. The van der Waals surface area contributed by atoms with Crippen molar-refractivity contribution in [3.05, 3.63) is 42.2 Å². The predicted molar refractivity (Wildman–Crippen MR) is 86.7 cm³/mol. The Morgan fingerprint density at radius 2 is 1.92 bits per heavy atom. The number of thioether (sulfide) groups is 1. The van der Waals surface area contributed by atoms with Gasteiger partial charge in [-0.05, 0) is 49.0 Å². The zero-order chi connectivity index (χ0) is 18.4. The molecule has 0 saturated carbocycles. The molecule has 2 rings (SSSR count). The Morgan fingerprint density at radius 1 is 1.24 bits per heavy atom. The van der Waals surface area contributed by atoms with Crippen molar-refractivity contribution in [3.63, 3.8) is 0 Å². The lowest BCUT2D eigenvalue weighted by molar-refractivity contribution is -0.114. The fourth-order valence-corrected chi connectivity index (χ4v) is 2.19. The van der Waals surface area contributed by atoms with Crippen LogP contribution in [-0.2, 0) is 9.53 Å². The zero-order valence-electron chi connectivity index (χ0n) is 13.0. The number of amides is 1. The number of nitrogens with zero attached hydrogens (tertiary/aromatic N) is 2. The van der Waals surface area contributed by atoms with Gasteiger partial charge in [0.05, 0.1) is 18.0 Å².